The van der Waals surface area contributed by atoms with Crippen molar-refractivity contribution in [2.24, 2.45) is 5.73 Å². The molecule has 0 spiro atoms. The number of carbonyl (C=O) groups excluding carboxylic acids is 1. The Morgan fingerprint density at radius 1 is 1.33 bits per heavy atom. The third kappa shape index (κ3) is 4.82. The molecule has 2 aromatic rings. The minimum absolute atomic E-state index is 0. The van der Waals surface area contributed by atoms with E-state index >= 15 is 0 Å². The average Bonchev–Trinajstić information content (AvgIpc) is 2.99. The number of hydrogen-bond donors (Lipinski definition) is 2. The van der Waals surface area contributed by atoms with E-state index in [-0.39, 0.29) is 30.8 Å². The molecular formula is C13H18ClN5O2. The number of methoxy groups -OCH3 is 1. The quantitative estimate of drug-likeness (QED) is 0.829. The summed E-state index contributed by atoms with van der Waals surface area (Å²) in [6, 6.07) is 7.24. The first-order valence-electron chi connectivity index (χ1n) is 6.22. The van der Waals surface area contributed by atoms with Crippen LogP contribution in [-0.4, -0.2) is 40.7 Å². The molecule has 1 heterocycles. The molecule has 114 valence electrons. The molecule has 0 aliphatic heterocycles. The Bertz CT molecular complexity index is 540. The van der Waals surface area contributed by atoms with Crippen LogP contribution in [0, 0.1) is 0 Å². The number of aromatic nitrogens is 3. The van der Waals surface area contributed by atoms with Crippen molar-refractivity contribution in [2.75, 3.05) is 19.0 Å². The summed E-state index contributed by atoms with van der Waals surface area (Å²) in [7, 11) is 1.54. The van der Waals surface area contributed by atoms with Crippen molar-refractivity contribution in [1.29, 1.82) is 0 Å². The topological polar surface area (TPSA) is 95.1 Å². The molecule has 0 saturated carbocycles. The van der Waals surface area contributed by atoms with Crippen LogP contribution < -0.4 is 11.1 Å². The number of halogens is 1. The van der Waals surface area contributed by atoms with Crippen molar-refractivity contribution in [2.45, 2.75) is 12.5 Å². The van der Waals surface area contributed by atoms with Crippen molar-refractivity contribution in [3.8, 4) is 5.69 Å². The van der Waals surface area contributed by atoms with Gasteiger partial charge in [0.1, 0.15) is 0 Å². The lowest BCUT2D eigenvalue weighted by atomic mass is 10.2. The van der Waals surface area contributed by atoms with Gasteiger partial charge in [-0.15, -0.1) is 12.4 Å². The molecule has 0 bridgehead atoms. The molecule has 0 radical (unpaired) electrons. The van der Waals surface area contributed by atoms with Gasteiger partial charge in [-0.3, -0.25) is 4.79 Å². The minimum atomic E-state index is -0.262. The highest BCUT2D eigenvalue weighted by molar-refractivity contribution is 5.91. The Balaban J connectivity index is 0.00000220. The fourth-order valence-corrected chi connectivity index (χ4v) is 1.71. The summed E-state index contributed by atoms with van der Waals surface area (Å²) in [5, 5.41) is 10.8. The van der Waals surface area contributed by atoms with Crippen LogP contribution in [0.1, 0.15) is 6.42 Å². The second-order valence-corrected chi connectivity index (χ2v) is 4.21. The van der Waals surface area contributed by atoms with Crippen LogP contribution in [0.3, 0.4) is 0 Å². The smallest absolute Gasteiger partial charge is 0.227 e. The summed E-state index contributed by atoms with van der Waals surface area (Å²) < 4.78 is 5.07. The minimum Gasteiger partial charge on any atom is -0.380 e. The average molecular weight is 312 g/mol. The van der Waals surface area contributed by atoms with Gasteiger partial charge in [0.15, 0.2) is 0 Å². The number of nitrogens with zero attached hydrogens (tertiary/aromatic N) is 3. The zero-order valence-electron chi connectivity index (χ0n) is 11.6. The van der Waals surface area contributed by atoms with Crippen molar-refractivity contribution in [3.63, 3.8) is 0 Å². The van der Waals surface area contributed by atoms with E-state index in [1.165, 1.54) is 11.9 Å². The van der Waals surface area contributed by atoms with E-state index in [4.69, 9.17) is 10.5 Å². The summed E-state index contributed by atoms with van der Waals surface area (Å²) in [6.07, 6.45) is 3.18. The van der Waals surface area contributed by atoms with Crippen LogP contribution >= 0.6 is 12.4 Å². The van der Waals surface area contributed by atoms with Gasteiger partial charge in [0.25, 0.3) is 0 Å². The molecule has 1 amide bonds. The Hall–Kier alpha value is -1.96. The van der Waals surface area contributed by atoms with Crippen LogP contribution in [0.4, 0.5) is 5.69 Å². The van der Waals surface area contributed by atoms with Gasteiger partial charge in [0, 0.05) is 19.3 Å². The molecule has 0 aliphatic rings. The summed E-state index contributed by atoms with van der Waals surface area (Å²) in [6.45, 7) is 0.313. The predicted octanol–water partition coefficient (Wildman–Crippen LogP) is 0.991. The molecule has 1 atom stereocenters. The highest BCUT2D eigenvalue weighted by Crippen LogP contribution is 2.12. The number of nitrogens with one attached hydrogen (secondary N) is 1. The first kappa shape index (κ1) is 17.1. The molecule has 1 aromatic heterocycles. The second kappa shape index (κ2) is 8.35. The highest BCUT2D eigenvalue weighted by Gasteiger charge is 2.11. The first-order chi connectivity index (χ1) is 9.72. The maximum Gasteiger partial charge on any atom is 0.227 e. The van der Waals surface area contributed by atoms with Crippen molar-refractivity contribution < 1.29 is 9.53 Å². The van der Waals surface area contributed by atoms with E-state index in [0.717, 1.165) is 5.69 Å². The van der Waals surface area contributed by atoms with Crippen LogP contribution in [0.25, 0.3) is 5.69 Å². The number of amides is 1. The Labute approximate surface area is 128 Å². The fourth-order valence-electron chi connectivity index (χ4n) is 1.71. The van der Waals surface area contributed by atoms with Crippen molar-refractivity contribution >= 4 is 24.0 Å². The Kier molecular flexibility index (Phi) is 6.80. The van der Waals surface area contributed by atoms with E-state index < -0.39 is 0 Å². The van der Waals surface area contributed by atoms with Crippen LogP contribution in [0.2, 0.25) is 0 Å². The molecule has 1 unspecified atom stereocenters. The van der Waals surface area contributed by atoms with Gasteiger partial charge >= 0.3 is 0 Å². The number of anilines is 1. The van der Waals surface area contributed by atoms with E-state index in [2.05, 4.69) is 15.5 Å². The van der Waals surface area contributed by atoms with Gasteiger partial charge in [0.2, 0.25) is 5.91 Å². The number of ether oxygens (including phenoxy) is 1. The lowest BCUT2D eigenvalue weighted by Gasteiger charge is -2.12. The summed E-state index contributed by atoms with van der Waals surface area (Å²) >= 11 is 0. The van der Waals surface area contributed by atoms with Crippen molar-refractivity contribution in [1.82, 2.24) is 15.0 Å². The maximum absolute atomic E-state index is 11.8. The Morgan fingerprint density at radius 2 is 1.95 bits per heavy atom. The molecular weight excluding hydrogens is 294 g/mol. The SMILES string of the molecule is COC(CN)CC(=O)Nc1ccc(-n2nccn2)cc1.Cl. The number of hydrogen-bond acceptors (Lipinski definition) is 5. The molecule has 1 aromatic carbocycles. The third-order valence-corrected chi connectivity index (χ3v) is 2.81. The van der Waals surface area contributed by atoms with Gasteiger partial charge in [-0.2, -0.15) is 15.0 Å². The predicted molar refractivity (Wildman–Crippen MR) is 81.7 cm³/mol. The largest absolute Gasteiger partial charge is 0.380 e. The summed E-state index contributed by atoms with van der Waals surface area (Å²) in [4.78, 5) is 13.3. The van der Waals surface area contributed by atoms with Crippen LogP contribution in [-0.2, 0) is 9.53 Å². The molecule has 7 nitrogen and oxygen atoms in total. The van der Waals surface area contributed by atoms with E-state index in [0.29, 0.717) is 12.2 Å². The lowest BCUT2D eigenvalue weighted by Crippen LogP contribution is -2.28. The van der Waals surface area contributed by atoms with Gasteiger partial charge in [-0.1, -0.05) is 0 Å². The maximum atomic E-state index is 11.8. The molecule has 21 heavy (non-hydrogen) atoms. The monoisotopic (exact) mass is 311 g/mol. The number of benzene rings is 1. The van der Waals surface area contributed by atoms with Gasteiger partial charge < -0.3 is 15.8 Å². The summed E-state index contributed by atoms with van der Waals surface area (Å²) in [5.74, 6) is -0.132. The van der Waals surface area contributed by atoms with Gasteiger partial charge in [-0.25, -0.2) is 0 Å². The molecule has 8 heteroatoms. The number of carbonyl (C=O) groups is 1. The fraction of sp³-hybridized carbons (Fsp3) is 0.308. The lowest BCUT2D eigenvalue weighted by molar-refractivity contribution is -0.118. The molecule has 3 N–H and O–H groups in total. The number of nitrogens with two attached hydrogens (primary N) is 1. The van der Waals surface area contributed by atoms with E-state index in [9.17, 15) is 4.79 Å². The highest BCUT2D eigenvalue weighted by atomic mass is 35.5. The third-order valence-electron chi connectivity index (χ3n) is 2.81. The van der Waals surface area contributed by atoms with Crippen LogP contribution in [0.15, 0.2) is 36.7 Å². The molecule has 0 fully saturated rings. The van der Waals surface area contributed by atoms with E-state index in [1.54, 1.807) is 24.5 Å². The number of rotatable bonds is 6. The first-order valence-corrected chi connectivity index (χ1v) is 6.22. The normalized spacial score (nSPS) is 11.5. The molecule has 2 rings (SSSR count). The van der Waals surface area contributed by atoms with Crippen molar-refractivity contribution in [3.05, 3.63) is 36.7 Å². The molecule has 0 saturated heterocycles. The summed E-state index contributed by atoms with van der Waals surface area (Å²) in [5.41, 5.74) is 7.01. The molecule has 0 aliphatic carbocycles. The van der Waals surface area contributed by atoms with Gasteiger partial charge in [-0.05, 0) is 24.3 Å². The standard InChI is InChI=1S/C13H17N5O2.ClH/c1-20-12(9-14)8-13(19)17-10-2-4-11(5-3-10)18-15-6-7-16-18;/h2-7,12H,8-9,14H2,1H3,(H,17,19);1H. The Morgan fingerprint density at radius 3 is 2.48 bits per heavy atom. The zero-order chi connectivity index (χ0) is 14.4. The van der Waals surface area contributed by atoms with Crippen LogP contribution in [0.5, 0.6) is 0 Å². The zero-order valence-corrected chi connectivity index (χ0v) is 12.4. The van der Waals surface area contributed by atoms with E-state index in [1.807, 2.05) is 12.1 Å². The second-order valence-electron chi connectivity index (χ2n) is 4.21. The van der Waals surface area contributed by atoms with Gasteiger partial charge in [0.05, 0.1) is 30.6 Å².